The summed E-state index contributed by atoms with van der Waals surface area (Å²) >= 11 is 5.96. The summed E-state index contributed by atoms with van der Waals surface area (Å²) in [6.07, 6.45) is 1.23. The second kappa shape index (κ2) is 2.88. The first-order valence-corrected chi connectivity index (χ1v) is 5.43. The standard InChI is InChI=1S/C11H13ClN2/c12-8-1-2-9-10(5-8)14-7-11(9)3-4-13-6-11/h1-2,5,13-14H,3-4,6-7H2/t11-/m1/s1. The van der Waals surface area contributed by atoms with Gasteiger partial charge in [0.2, 0.25) is 0 Å². The summed E-state index contributed by atoms with van der Waals surface area (Å²) in [6, 6.07) is 6.20. The highest BCUT2D eigenvalue weighted by Gasteiger charge is 2.40. The number of hydrogen-bond donors (Lipinski definition) is 2. The molecule has 1 saturated heterocycles. The van der Waals surface area contributed by atoms with Crippen molar-refractivity contribution in [2.24, 2.45) is 0 Å². The summed E-state index contributed by atoms with van der Waals surface area (Å²) in [5.74, 6) is 0. The molecule has 1 fully saturated rings. The molecule has 1 aromatic carbocycles. The monoisotopic (exact) mass is 208 g/mol. The van der Waals surface area contributed by atoms with E-state index in [1.165, 1.54) is 17.7 Å². The van der Waals surface area contributed by atoms with Gasteiger partial charge >= 0.3 is 0 Å². The average molecular weight is 209 g/mol. The molecule has 3 heteroatoms. The highest BCUT2D eigenvalue weighted by atomic mass is 35.5. The molecule has 14 heavy (non-hydrogen) atoms. The quantitative estimate of drug-likeness (QED) is 0.682. The smallest absolute Gasteiger partial charge is 0.0426 e. The zero-order chi connectivity index (χ0) is 9.60. The second-order valence-electron chi connectivity index (χ2n) is 4.25. The van der Waals surface area contributed by atoms with Crippen LogP contribution in [0.1, 0.15) is 12.0 Å². The van der Waals surface area contributed by atoms with Gasteiger partial charge in [-0.05, 0) is 30.7 Å². The molecule has 0 bridgehead atoms. The first kappa shape index (κ1) is 8.57. The highest BCUT2D eigenvalue weighted by molar-refractivity contribution is 6.30. The Morgan fingerprint density at radius 2 is 2.21 bits per heavy atom. The minimum absolute atomic E-state index is 0.333. The molecule has 0 unspecified atom stereocenters. The second-order valence-corrected chi connectivity index (χ2v) is 4.69. The van der Waals surface area contributed by atoms with Crippen LogP contribution < -0.4 is 10.6 Å². The zero-order valence-corrected chi connectivity index (χ0v) is 8.69. The lowest BCUT2D eigenvalue weighted by Crippen LogP contribution is -2.30. The van der Waals surface area contributed by atoms with Gasteiger partial charge in [-0.25, -0.2) is 0 Å². The SMILES string of the molecule is Clc1ccc2c(c1)NC[C@]21CCNC1. The van der Waals surface area contributed by atoms with Gasteiger partial charge in [-0.3, -0.25) is 0 Å². The Bertz CT molecular complexity index is 370. The molecule has 0 radical (unpaired) electrons. The van der Waals surface area contributed by atoms with Gasteiger partial charge in [0.15, 0.2) is 0 Å². The number of nitrogens with one attached hydrogen (secondary N) is 2. The molecule has 0 aromatic heterocycles. The van der Waals surface area contributed by atoms with Gasteiger partial charge in [-0.2, -0.15) is 0 Å². The van der Waals surface area contributed by atoms with Gasteiger partial charge in [0.1, 0.15) is 0 Å². The average Bonchev–Trinajstić information content (AvgIpc) is 2.77. The topological polar surface area (TPSA) is 24.1 Å². The molecule has 74 valence electrons. The van der Waals surface area contributed by atoms with Crippen LogP contribution in [0.15, 0.2) is 18.2 Å². The summed E-state index contributed by atoms with van der Waals surface area (Å²) in [6.45, 7) is 3.27. The summed E-state index contributed by atoms with van der Waals surface area (Å²) in [5, 5.41) is 7.71. The van der Waals surface area contributed by atoms with Gasteiger partial charge in [0.05, 0.1) is 0 Å². The van der Waals surface area contributed by atoms with E-state index >= 15 is 0 Å². The van der Waals surface area contributed by atoms with Crippen LogP contribution in [0.5, 0.6) is 0 Å². The van der Waals surface area contributed by atoms with Crippen LogP contribution in [-0.2, 0) is 5.41 Å². The lowest BCUT2D eigenvalue weighted by atomic mass is 9.82. The molecule has 2 N–H and O–H groups in total. The van der Waals surface area contributed by atoms with Crippen LogP contribution in [0.4, 0.5) is 5.69 Å². The van der Waals surface area contributed by atoms with Crippen LogP contribution in [0.3, 0.4) is 0 Å². The summed E-state index contributed by atoms with van der Waals surface area (Å²) in [5.41, 5.74) is 2.99. The van der Waals surface area contributed by atoms with E-state index in [0.717, 1.165) is 24.7 Å². The molecule has 1 atom stereocenters. The van der Waals surface area contributed by atoms with E-state index in [1.807, 2.05) is 12.1 Å². The largest absolute Gasteiger partial charge is 0.384 e. The van der Waals surface area contributed by atoms with Gasteiger partial charge in [0, 0.05) is 29.2 Å². The van der Waals surface area contributed by atoms with Crippen molar-refractivity contribution >= 4 is 17.3 Å². The summed E-state index contributed by atoms with van der Waals surface area (Å²) in [7, 11) is 0. The van der Waals surface area contributed by atoms with E-state index in [4.69, 9.17) is 11.6 Å². The molecule has 2 aliphatic heterocycles. The lowest BCUT2D eigenvalue weighted by Gasteiger charge is -2.21. The Labute approximate surface area is 88.6 Å². The molecule has 0 aliphatic carbocycles. The molecule has 3 rings (SSSR count). The number of halogens is 1. The third kappa shape index (κ3) is 1.07. The van der Waals surface area contributed by atoms with Gasteiger partial charge in [-0.1, -0.05) is 17.7 Å². The highest BCUT2D eigenvalue weighted by Crippen LogP contribution is 2.41. The van der Waals surface area contributed by atoms with Crippen molar-refractivity contribution in [1.29, 1.82) is 0 Å². The fraction of sp³-hybridized carbons (Fsp3) is 0.455. The predicted molar refractivity (Wildman–Crippen MR) is 59.1 cm³/mol. The fourth-order valence-corrected chi connectivity index (χ4v) is 2.78. The van der Waals surface area contributed by atoms with Crippen LogP contribution in [0.2, 0.25) is 5.02 Å². The number of fused-ring (bicyclic) bond motifs is 2. The van der Waals surface area contributed by atoms with Crippen LogP contribution >= 0.6 is 11.6 Å². The summed E-state index contributed by atoms with van der Waals surface area (Å²) < 4.78 is 0. The molecule has 2 aliphatic rings. The molecule has 0 amide bonds. The van der Waals surface area contributed by atoms with Gasteiger partial charge in [0.25, 0.3) is 0 Å². The molecule has 0 saturated carbocycles. The molecule has 2 nitrogen and oxygen atoms in total. The maximum Gasteiger partial charge on any atom is 0.0426 e. The van der Waals surface area contributed by atoms with Gasteiger partial charge in [-0.15, -0.1) is 0 Å². The van der Waals surface area contributed by atoms with E-state index in [-0.39, 0.29) is 0 Å². The van der Waals surface area contributed by atoms with E-state index in [0.29, 0.717) is 5.41 Å². The van der Waals surface area contributed by atoms with Crippen molar-refractivity contribution < 1.29 is 0 Å². The van der Waals surface area contributed by atoms with Crippen molar-refractivity contribution in [3.63, 3.8) is 0 Å². The van der Waals surface area contributed by atoms with E-state index in [2.05, 4.69) is 16.7 Å². The predicted octanol–water partition coefficient (Wildman–Crippen LogP) is 2.00. The Balaban J connectivity index is 2.09. The van der Waals surface area contributed by atoms with E-state index in [1.54, 1.807) is 0 Å². The van der Waals surface area contributed by atoms with E-state index in [9.17, 15) is 0 Å². The maximum atomic E-state index is 5.96. The van der Waals surface area contributed by atoms with Gasteiger partial charge < -0.3 is 10.6 Å². The minimum atomic E-state index is 0.333. The molecule has 1 spiro atoms. The first-order valence-electron chi connectivity index (χ1n) is 5.05. The molecular weight excluding hydrogens is 196 g/mol. The van der Waals surface area contributed by atoms with Crippen molar-refractivity contribution in [1.82, 2.24) is 5.32 Å². The Hall–Kier alpha value is -0.730. The Morgan fingerprint density at radius 3 is 3.00 bits per heavy atom. The molecule has 1 aromatic rings. The van der Waals surface area contributed by atoms with Crippen molar-refractivity contribution in [2.75, 3.05) is 25.0 Å². The maximum absolute atomic E-state index is 5.96. The minimum Gasteiger partial charge on any atom is -0.384 e. The fourth-order valence-electron chi connectivity index (χ4n) is 2.61. The third-order valence-electron chi connectivity index (χ3n) is 3.41. The first-order chi connectivity index (χ1) is 6.80. The molecule has 2 heterocycles. The van der Waals surface area contributed by atoms with Crippen molar-refractivity contribution in [2.45, 2.75) is 11.8 Å². The zero-order valence-electron chi connectivity index (χ0n) is 7.94. The normalized spacial score (nSPS) is 29.2. The van der Waals surface area contributed by atoms with Crippen LogP contribution in [0, 0.1) is 0 Å². The number of hydrogen-bond acceptors (Lipinski definition) is 2. The van der Waals surface area contributed by atoms with E-state index < -0.39 is 0 Å². The number of anilines is 1. The number of benzene rings is 1. The van der Waals surface area contributed by atoms with Crippen molar-refractivity contribution in [3.05, 3.63) is 28.8 Å². The Kier molecular flexibility index (Phi) is 1.76. The van der Waals surface area contributed by atoms with Crippen LogP contribution in [0.25, 0.3) is 0 Å². The van der Waals surface area contributed by atoms with Crippen molar-refractivity contribution in [3.8, 4) is 0 Å². The Morgan fingerprint density at radius 1 is 1.29 bits per heavy atom. The summed E-state index contributed by atoms with van der Waals surface area (Å²) in [4.78, 5) is 0. The number of rotatable bonds is 0. The molecular formula is C11H13ClN2. The third-order valence-corrected chi connectivity index (χ3v) is 3.65. The lowest BCUT2D eigenvalue weighted by molar-refractivity contribution is 0.522. The van der Waals surface area contributed by atoms with Crippen LogP contribution in [-0.4, -0.2) is 19.6 Å².